The highest BCUT2D eigenvalue weighted by atomic mass is 35.5. The van der Waals surface area contributed by atoms with Crippen LogP contribution in [0.4, 0.5) is 0 Å². The van der Waals surface area contributed by atoms with Gasteiger partial charge < -0.3 is 15.2 Å². The van der Waals surface area contributed by atoms with Crippen molar-refractivity contribution in [2.75, 3.05) is 13.6 Å². The Labute approximate surface area is 193 Å². The fraction of sp³-hybridized carbons (Fsp3) is 0.400. The molecule has 3 aromatic rings. The van der Waals surface area contributed by atoms with Gasteiger partial charge in [-0.25, -0.2) is 4.98 Å². The number of nitrogens with one attached hydrogen (secondary N) is 2. The quantitative estimate of drug-likeness (QED) is 0.537. The van der Waals surface area contributed by atoms with Crippen molar-refractivity contribution in [1.29, 1.82) is 0 Å². The SMILES string of the molecule is Cc1ccc(C[C@@]2(CCC(=O)N(C)CCc3nc4ccc(Cl)cc4[nH]3)CCC(=O)N2)cc1. The highest BCUT2D eigenvalue weighted by molar-refractivity contribution is 6.31. The number of aromatic nitrogens is 2. The molecule has 0 radical (unpaired) electrons. The molecule has 1 saturated heterocycles. The van der Waals surface area contributed by atoms with Crippen molar-refractivity contribution in [3.63, 3.8) is 0 Å². The van der Waals surface area contributed by atoms with Crippen molar-refractivity contribution in [1.82, 2.24) is 20.2 Å². The summed E-state index contributed by atoms with van der Waals surface area (Å²) in [6.45, 7) is 2.63. The minimum absolute atomic E-state index is 0.0721. The van der Waals surface area contributed by atoms with Gasteiger partial charge >= 0.3 is 0 Å². The van der Waals surface area contributed by atoms with E-state index in [1.54, 1.807) is 4.90 Å². The summed E-state index contributed by atoms with van der Waals surface area (Å²) in [6.07, 6.45) is 3.71. The van der Waals surface area contributed by atoms with E-state index in [0.29, 0.717) is 37.3 Å². The van der Waals surface area contributed by atoms with Crippen molar-refractivity contribution in [2.24, 2.45) is 0 Å². The number of imidazole rings is 1. The number of aryl methyl sites for hydroxylation is 1. The van der Waals surface area contributed by atoms with Crippen molar-refractivity contribution in [2.45, 2.75) is 51.0 Å². The van der Waals surface area contributed by atoms with Gasteiger partial charge in [0.15, 0.2) is 0 Å². The first-order valence-electron chi connectivity index (χ1n) is 11.1. The largest absolute Gasteiger partial charge is 0.350 e. The summed E-state index contributed by atoms with van der Waals surface area (Å²) in [6, 6.07) is 13.9. The molecule has 0 saturated carbocycles. The second-order valence-electron chi connectivity index (χ2n) is 8.90. The van der Waals surface area contributed by atoms with E-state index >= 15 is 0 Å². The maximum Gasteiger partial charge on any atom is 0.222 e. The van der Waals surface area contributed by atoms with Gasteiger partial charge in [0.05, 0.1) is 11.0 Å². The average Bonchev–Trinajstić information content (AvgIpc) is 3.34. The number of carbonyl (C=O) groups is 2. The number of hydrogen-bond acceptors (Lipinski definition) is 3. The van der Waals surface area contributed by atoms with E-state index < -0.39 is 0 Å². The van der Waals surface area contributed by atoms with Gasteiger partial charge in [-0.2, -0.15) is 0 Å². The van der Waals surface area contributed by atoms with Crippen LogP contribution in [-0.4, -0.2) is 45.8 Å². The van der Waals surface area contributed by atoms with Crippen LogP contribution < -0.4 is 5.32 Å². The summed E-state index contributed by atoms with van der Waals surface area (Å²) in [7, 11) is 1.82. The van der Waals surface area contributed by atoms with Crippen LogP contribution in [0.25, 0.3) is 11.0 Å². The first kappa shape index (κ1) is 22.3. The molecule has 2 aromatic carbocycles. The van der Waals surface area contributed by atoms with E-state index in [2.05, 4.69) is 46.5 Å². The molecular formula is C25H29ClN4O2. The Morgan fingerprint density at radius 3 is 2.72 bits per heavy atom. The number of H-pyrrole nitrogens is 1. The third-order valence-electron chi connectivity index (χ3n) is 6.32. The first-order chi connectivity index (χ1) is 15.3. The normalized spacial score (nSPS) is 18.2. The Bertz CT molecular complexity index is 1120. The summed E-state index contributed by atoms with van der Waals surface area (Å²) in [5.41, 5.74) is 3.82. The van der Waals surface area contributed by atoms with Gasteiger partial charge in [-0.05, 0) is 49.9 Å². The summed E-state index contributed by atoms with van der Waals surface area (Å²) in [5, 5.41) is 3.83. The molecule has 6 nitrogen and oxygen atoms in total. The Morgan fingerprint density at radius 2 is 2.00 bits per heavy atom. The van der Waals surface area contributed by atoms with Crippen LogP contribution in [0.3, 0.4) is 0 Å². The van der Waals surface area contributed by atoms with Gasteiger partial charge in [-0.1, -0.05) is 41.4 Å². The standard InChI is InChI=1S/C25H29ClN4O2/c1-17-3-5-18(6-4-17)16-25(12-9-23(31)29-25)13-10-24(32)30(2)14-11-22-27-20-8-7-19(26)15-21(20)28-22/h3-8,15H,9-14,16H2,1-2H3,(H,27,28)(H,29,31)/t25-/m0/s1. The molecule has 1 aromatic heterocycles. The maximum absolute atomic E-state index is 12.8. The second-order valence-corrected chi connectivity index (χ2v) is 9.34. The van der Waals surface area contributed by atoms with Crippen LogP contribution in [0.5, 0.6) is 0 Å². The lowest BCUT2D eigenvalue weighted by atomic mass is 9.84. The lowest BCUT2D eigenvalue weighted by Crippen LogP contribution is -2.44. The third-order valence-corrected chi connectivity index (χ3v) is 6.55. The highest BCUT2D eigenvalue weighted by Gasteiger charge is 2.38. The lowest BCUT2D eigenvalue weighted by Gasteiger charge is -2.30. The van der Waals surface area contributed by atoms with Crippen molar-refractivity contribution in [3.05, 3.63) is 64.4 Å². The van der Waals surface area contributed by atoms with Crippen LogP contribution in [-0.2, 0) is 22.4 Å². The number of rotatable bonds is 8. The Kier molecular flexibility index (Phi) is 6.51. The monoisotopic (exact) mass is 452 g/mol. The van der Waals surface area contributed by atoms with E-state index in [4.69, 9.17) is 11.6 Å². The molecule has 1 aliphatic heterocycles. The van der Waals surface area contributed by atoms with E-state index in [0.717, 1.165) is 29.7 Å². The van der Waals surface area contributed by atoms with Crippen molar-refractivity contribution >= 4 is 34.4 Å². The zero-order chi connectivity index (χ0) is 22.7. The molecule has 7 heteroatoms. The van der Waals surface area contributed by atoms with Crippen LogP contribution in [0, 0.1) is 6.92 Å². The number of aromatic amines is 1. The van der Waals surface area contributed by atoms with Gasteiger partial charge in [0.1, 0.15) is 5.82 Å². The summed E-state index contributed by atoms with van der Waals surface area (Å²) < 4.78 is 0. The third kappa shape index (κ3) is 5.30. The van der Waals surface area contributed by atoms with Crippen molar-refractivity contribution < 1.29 is 9.59 Å². The van der Waals surface area contributed by atoms with E-state index in [-0.39, 0.29) is 17.4 Å². The fourth-order valence-electron chi connectivity index (χ4n) is 4.37. The number of nitrogens with zero attached hydrogens (tertiary/aromatic N) is 2. The van der Waals surface area contributed by atoms with Gasteiger partial charge in [-0.15, -0.1) is 0 Å². The minimum Gasteiger partial charge on any atom is -0.350 e. The molecule has 168 valence electrons. The van der Waals surface area contributed by atoms with E-state index in [9.17, 15) is 9.59 Å². The second kappa shape index (κ2) is 9.33. The number of fused-ring (bicyclic) bond motifs is 1. The molecule has 1 fully saturated rings. The van der Waals surface area contributed by atoms with Gasteiger partial charge in [-0.3, -0.25) is 9.59 Å². The molecule has 1 aliphatic rings. The molecule has 2 heterocycles. The zero-order valence-electron chi connectivity index (χ0n) is 18.6. The zero-order valence-corrected chi connectivity index (χ0v) is 19.3. The molecule has 0 spiro atoms. The summed E-state index contributed by atoms with van der Waals surface area (Å²) in [4.78, 5) is 34.4. The molecule has 0 unspecified atom stereocenters. The average molecular weight is 453 g/mol. The summed E-state index contributed by atoms with van der Waals surface area (Å²) >= 11 is 6.04. The first-order valence-corrected chi connectivity index (χ1v) is 11.4. The number of likely N-dealkylation sites (N-methyl/N-ethyl adjacent to an activating group) is 1. The number of amides is 2. The van der Waals surface area contributed by atoms with Gasteiger partial charge in [0.25, 0.3) is 0 Å². The minimum atomic E-state index is -0.346. The fourth-order valence-corrected chi connectivity index (χ4v) is 4.54. The molecule has 1 atom stereocenters. The summed E-state index contributed by atoms with van der Waals surface area (Å²) in [5.74, 6) is 0.984. The molecule has 0 bridgehead atoms. The van der Waals surface area contributed by atoms with Gasteiger partial charge in [0.2, 0.25) is 11.8 Å². The van der Waals surface area contributed by atoms with Crippen LogP contribution in [0.1, 0.15) is 42.6 Å². The molecule has 4 rings (SSSR count). The van der Waals surface area contributed by atoms with E-state index in [1.807, 2.05) is 25.2 Å². The van der Waals surface area contributed by atoms with Gasteiger partial charge in [0, 0.05) is 43.4 Å². The van der Waals surface area contributed by atoms with Crippen LogP contribution in [0.2, 0.25) is 5.02 Å². The van der Waals surface area contributed by atoms with E-state index in [1.165, 1.54) is 11.1 Å². The van der Waals surface area contributed by atoms with Crippen LogP contribution in [0.15, 0.2) is 42.5 Å². The highest BCUT2D eigenvalue weighted by Crippen LogP contribution is 2.30. The maximum atomic E-state index is 12.8. The Morgan fingerprint density at radius 1 is 1.22 bits per heavy atom. The number of benzene rings is 2. The smallest absolute Gasteiger partial charge is 0.222 e. The Hall–Kier alpha value is -2.86. The molecule has 2 amide bonds. The number of carbonyl (C=O) groups excluding carboxylic acids is 2. The molecule has 32 heavy (non-hydrogen) atoms. The topological polar surface area (TPSA) is 78.1 Å². The molecular weight excluding hydrogens is 424 g/mol. The number of hydrogen-bond donors (Lipinski definition) is 2. The predicted octanol–water partition coefficient (Wildman–Crippen LogP) is 4.20. The van der Waals surface area contributed by atoms with Crippen molar-refractivity contribution in [3.8, 4) is 0 Å². The van der Waals surface area contributed by atoms with Crippen LogP contribution >= 0.6 is 11.6 Å². The molecule has 2 N–H and O–H groups in total. The Balaban J connectivity index is 1.33. The molecule has 0 aliphatic carbocycles. The lowest BCUT2D eigenvalue weighted by molar-refractivity contribution is -0.130. The number of halogens is 1. The predicted molar refractivity (Wildman–Crippen MR) is 127 cm³/mol.